The van der Waals surface area contributed by atoms with E-state index in [1.165, 1.54) is 11.3 Å². The first-order valence-electron chi connectivity index (χ1n) is 7.23. The van der Waals surface area contributed by atoms with E-state index in [2.05, 4.69) is 4.98 Å². The standard InChI is InChI=1S/C15H19N3O2S/c1-10-13(17-14(21-10)12-6-4-8-20-12)15(19)18-7-3-2-5-11(18)9-16/h4,6,8,11H,2-3,5,7,9,16H2,1H3. The summed E-state index contributed by atoms with van der Waals surface area (Å²) in [5.74, 6) is 0.702. The molecule has 1 aliphatic rings. The van der Waals surface area contributed by atoms with Gasteiger partial charge in [0.05, 0.1) is 6.26 Å². The van der Waals surface area contributed by atoms with Gasteiger partial charge in [-0.15, -0.1) is 11.3 Å². The zero-order valence-corrected chi connectivity index (χ0v) is 12.9. The number of hydrogen-bond donors (Lipinski definition) is 1. The second-order valence-corrected chi connectivity index (χ2v) is 6.49. The molecule has 0 bridgehead atoms. The molecule has 3 heterocycles. The highest BCUT2D eigenvalue weighted by Gasteiger charge is 2.29. The summed E-state index contributed by atoms with van der Waals surface area (Å²) in [5, 5.41) is 0.752. The Labute approximate surface area is 127 Å². The van der Waals surface area contributed by atoms with Crippen LogP contribution in [0.2, 0.25) is 0 Å². The maximum absolute atomic E-state index is 12.8. The van der Waals surface area contributed by atoms with Crippen molar-refractivity contribution in [2.24, 2.45) is 5.73 Å². The van der Waals surface area contributed by atoms with E-state index < -0.39 is 0 Å². The molecule has 2 aromatic heterocycles. The number of aromatic nitrogens is 1. The lowest BCUT2D eigenvalue weighted by Crippen LogP contribution is -2.47. The fourth-order valence-electron chi connectivity index (χ4n) is 2.75. The van der Waals surface area contributed by atoms with E-state index in [1.54, 1.807) is 6.26 Å². The van der Waals surface area contributed by atoms with Crippen LogP contribution in [-0.4, -0.2) is 34.9 Å². The van der Waals surface area contributed by atoms with Gasteiger partial charge in [0.15, 0.2) is 10.8 Å². The highest BCUT2D eigenvalue weighted by molar-refractivity contribution is 7.15. The van der Waals surface area contributed by atoms with Crippen LogP contribution in [0, 0.1) is 6.92 Å². The van der Waals surface area contributed by atoms with Gasteiger partial charge in [-0.3, -0.25) is 4.79 Å². The second kappa shape index (κ2) is 5.99. The van der Waals surface area contributed by atoms with Crippen LogP contribution in [-0.2, 0) is 0 Å². The van der Waals surface area contributed by atoms with Crippen LogP contribution in [0.5, 0.6) is 0 Å². The van der Waals surface area contributed by atoms with Gasteiger partial charge in [-0.05, 0) is 38.3 Å². The van der Waals surface area contributed by atoms with E-state index in [9.17, 15) is 4.79 Å². The zero-order valence-electron chi connectivity index (χ0n) is 12.0. The molecule has 6 heteroatoms. The van der Waals surface area contributed by atoms with Crippen LogP contribution in [0.4, 0.5) is 0 Å². The van der Waals surface area contributed by atoms with Crippen molar-refractivity contribution < 1.29 is 9.21 Å². The summed E-state index contributed by atoms with van der Waals surface area (Å²) in [6.45, 7) is 3.21. The molecule has 0 radical (unpaired) electrons. The molecule has 3 rings (SSSR count). The van der Waals surface area contributed by atoms with E-state index >= 15 is 0 Å². The summed E-state index contributed by atoms with van der Waals surface area (Å²) in [7, 11) is 0. The first-order valence-corrected chi connectivity index (χ1v) is 8.04. The van der Waals surface area contributed by atoms with Crippen molar-refractivity contribution in [3.63, 3.8) is 0 Å². The smallest absolute Gasteiger partial charge is 0.273 e. The lowest BCUT2D eigenvalue weighted by Gasteiger charge is -2.34. The topological polar surface area (TPSA) is 72.4 Å². The highest BCUT2D eigenvalue weighted by atomic mass is 32.1. The number of thiazole rings is 1. The number of nitrogens with zero attached hydrogens (tertiary/aromatic N) is 2. The molecule has 1 aliphatic heterocycles. The maximum atomic E-state index is 12.8. The normalized spacial score (nSPS) is 19.0. The second-order valence-electron chi connectivity index (χ2n) is 5.28. The molecular weight excluding hydrogens is 286 g/mol. The number of aryl methyl sites for hydroxylation is 1. The van der Waals surface area contributed by atoms with Crippen molar-refractivity contribution >= 4 is 17.2 Å². The highest BCUT2D eigenvalue weighted by Crippen LogP contribution is 2.29. The van der Waals surface area contributed by atoms with E-state index in [4.69, 9.17) is 10.2 Å². The van der Waals surface area contributed by atoms with E-state index in [-0.39, 0.29) is 11.9 Å². The molecule has 1 fully saturated rings. The van der Waals surface area contributed by atoms with Crippen LogP contribution in [0.25, 0.3) is 10.8 Å². The Balaban J connectivity index is 1.87. The number of piperidine rings is 1. The monoisotopic (exact) mass is 305 g/mol. The average molecular weight is 305 g/mol. The molecule has 112 valence electrons. The Morgan fingerprint density at radius 1 is 1.57 bits per heavy atom. The van der Waals surface area contributed by atoms with Crippen LogP contribution < -0.4 is 5.73 Å². The minimum Gasteiger partial charge on any atom is -0.462 e. The summed E-state index contributed by atoms with van der Waals surface area (Å²) in [6.07, 6.45) is 4.77. The molecule has 1 unspecified atom stereocenters. The molecular formula is C15H19N3O2S. The number of nitrogens with two attached hydrogens (primary N) is 1. The Kier molecular flexibility index (Phi) is 4.07. The summed E-state index contributed by atoms with van der Waals surface area (Å²) in [6, 6.07) is 3.82. The number of furan rings is 1. The Bertz CT molecular complexity index is 621. The molecule has 0 spiro atoms. The van der Waals surface area contributed by atoms with Crippen molar-refractivity contribution in [1.82, 2.24) is 9.88 Å². The van der Waals surface area contributed by atoms with Crippen LogP contribution in [0.1, 0.15) is 34.6 Å². The average Bonchev–Trinajstić information content (AvgIpc) is 3.15. The number of rotatable bonds is 3. The Morgan fingerprint density at radius 3 is 3.14 bits per heavy atom. The predicted octanol–water partition coefficient (Wildman–Crippen LogP) is 2.66. The number of carbonyl (C=O) groups excluding carboxylic acids is 1. The minimum atomic E-state index is -0.00305. The Morgan fingerprint density at radius 2 is 2.43 bits per heavy atom. The maximum Gasteiger partial charge on any atom is 0.273 e. The molecule has 0 saturated carbocycles. The lowest BCUT2D eigenvalue weighted by atomic mass is 10.0. The SMILES string of the molecule is Cc1sc(-c2ccco2)nc1C(=O)N1CCCCC1CN. The van der Waals surface area contributed by atoms with Gasteiger partial charge in [0.25, 0.3) is 5.91 Å². The van der Waals surface area contributed by atoms with Crippen LogP contribution in [0.15, 0.2) is 22.8 Å². The molecule has 1 atom stereocenters. The molecule has 1 saturated heterocycles. The molecule has 2 N–H and O–H groups in total. The summed E-state index contributed by atoms with van der Waals surface area (Å²) in [4.78, 5) is 20.1. The fraction of sp³-hybridized carbons (Fsp3) is 0.467. The largest absolute Gasteiger partial charge is 0.462 e. The van der Waals surface area contributed by atoms with E-state index in [0.29, 0.717) is 18.0 Å². The van der Waals surface area contributed by atoms with Gasteiger partial charge in [0.2, 0.25) is 0 Å². The number of carbonyl (C=O) groups is 1. The predicted molar refractivity (Wildman–Crippen MR) is 82.3 cm³/mol. The third-order valence-corrected chi connectivity index (χ3v) is 4.88. The van der Waals surface area contributed by atoms with E-state index in [1.807, 2.05) is 24.0 Å². The molecule has 0 aromatic carbocycles. The van der Waals surface area contributed by atoms with Crippen molar-refractivity contribution in [1.29, 1.82) is 0 Å². The minimum absolute atomic E-state index is 0.00305. The molecule has 2 aromatic rings. The van der Waals surface area contributed by atoms with Gasteiger partial charge in [0.1, 0.15) is 5.69 Å². The van der Waals surface area contributed by atoms with Crippen molar-refractivity contribution in [2.75, 3.05) is 13.1 Å². The molecule has 0 aliphatic carbocycles. The molecule has 1 amide bonds. The van der Waals surface area contributed by atoms with Crippen molar-refractivity contribution in [3.8, 4) is 10.8 Å². The van der Waals surface area contributed by atoms with Crippen LogP contribution >= 0.6 is 11.3 Å². The van der Waals surface area contributed by atoms with Crippen LogP contribution in [0.3, 0.4) is 0 Å². The van der Waals surface area contributed by atoms with Gasteiger partial charge in [-0.2, -0.15) is 0 Å². The van der Waals surface area contributed by atoms with Gasteiger partial charge >= 0.3 is 0 Å². The summed E-state index contributed by atoms with van der Waals surface area (Å²) >= 11 is 1.49. The van der Waals surface area contributed by atoms with Crippen molar-refractivity contribution in [3.05, 3.63) is 29.0 Å². The number of hydrogen-bond acceptors (Lipinski definition) is 5. The van der Waals surface area contributed by atoms with Gasteiger partial charge in [0, 0.05) is 24.0 Å². The van der Waals surface area contributed by atoms with E-state index in [0.717, 1.165) is 35.7 Å². The van der Waals surface area contributed by atoms with Gasteiger partial charge < -0.3 is 15.1 Å². The van der Waals surface area contributed by atoms with Gasteiger partial charge in [-0.1, -0.05) is 0 Å². The summed E-state index contributed by atoms with van der Waals surface area (Å²) < 4.78 is 5.36. The fourth-order valence-corrected chi connectivity index (χ4v) is 3.62. The summed E-state index contributed by atoms with van der Waals surface area (Å²) in [5.41, 5.74) is 6.34. The quantitative estimate of drug-likeness (QED) is 0.946. The third kappa shape index (κ3) is 2.73. The zero-order chi connectivity index (χ0) is 14.8. The number of likely N-dealkylation sites (tertiary alicyclic amines) is 1. The molecule has 21 heavy (non-hydrogen) atoms. The first-order chi connectivity index (χ1) is 10.2. The van der Waals surface area contributed by atoms with Gasteiger partial charge in [-0.25, -0.2) is 4.98 Å². The first kappa shape index (κ1) is 14.3. The molecule has 5 nitrogen and oxygen atoms in total. The Hall–Kier alpha value is -1.66. The lowest BCUT2D eigenvalue weighted by molar-refractivity contribution is 0.0617. The third-order valence-electron chi connectivity index (χ3n) is 3.89. The number of amides is 1. The van der Waals surface area contributed by atoms with Crippen molar-refractivity contribution in [2.45, 2.75) is 32.2 Å².